The van der Waals surface area contributed by atoms with Crippen molar-refractivity contribution in [3.63, 3.8) is 0 Å². The molecule has 0 aromatic heterocycles. The lowest BCUT2D eigenvalue weighted by atomic mass is 9.79. The highest BCUT2D eigenvalue weighted by molar-refractivity contribution is 5.64. The Morgan fingerprint density at radius 2 is 1.35 bits per heavy atom. The summed E-state index contributed by atoms with van der Waals surface area (Å²) in [7, 11) is 1.41. The molecule has 0 heterocycles. The zero-order valence-corrected chi connectivity index (χ0v) is 18.1. The summed E-state index contributed by atoms with van der Waals surface area (Å²) in [5, 5.41) is 0. The molecule has 0 saturated heterocycles. The molecule has 3 rings (SSSR count). The van der Waals surface area contributed by atoms with Crippen molar-refractivity contribution in [3.05, 3.63) is 54.1 Å². The molecule has 1 fully saturated rings. The average Bonchev–Trinajstić information content (AvgIpc) is 2.76. The first kappa shape index (κ1) is 26.9. The largest absolute Gasteiger partial charge is 0.494 e. The Bertz CT molecular complexity index is 727. The number of ether oxygens (including phenoxy) is 1. The maximum atomic E-state index is 13.4. The Morgan fingerprint density at radius 3 is 1.87 bits per heavy atom. The third-order valence-electron chi connectivity index (χ3n) is 5.81. The molecular weight excluding hydrogens is 411 g/mol. The number of hydrogen-bond donors (Lipinski definition) is 0. The zero-order valence-electron chi connectivity index (χ0n) is 18.1. The Hall–Kier alpha value is -2.11. The van der Waals surface area contributed by atoms with Gasteiger partial charge in [0.05, 0.1) is 20.5 Å². The fourth-order valence-corrected chi connectivity index (χ4v) is 3.98. The van der Waals surface area contributed by atoms with Crippen LogP contribution < -0.4 is 4.74 Å². The molecule has 2 aromatic carbocycles. The van der Waals surface area contributed by atoms with Gasteiger partial charge in [0.15, 0.2) is 11.6 Å². The molecule has 0 amide bonds. The number of unbranched alkanes of at least 4 members (excludes halogenated alkanes) is 1. The van der Waals surface area contributed by atoms with E-state index in [-0.39, 0.29) is 29.6 Å². The molecule has 0 spiro atoms. The molecule has 6 heteroatoms. The molecule has 0 atom stereocenters. The first-order valence-corrected chi connectivity index (χ1v) is 10.8. The Labute approximate surface area is 182 Å². The fraction of sp³-hybridized carbons (Fsp3) is 0.520. The van der Waals surface area contributed by atoms with E-state index >= 15 is 0 Å². The van der Waals surface area contributed by atoms with Gasteiger partial charge in [0.1, 0.15) is 5.82 Å². The van der Waals surface area contributed by atoms with Gasteiger partial charge in [-0.05, 0) is 60.1 Å². The van der Waals surface area contributed by atoms with Gasteiger partial charge in [0.25, 0.3) is 0 Å². The van der Waals surface area contributed by atoms with E-state index < -0.39 is 5.82 Å². The van der Waals surface area contributed by atoms with E-state index in [1.165, 1.54) is 57.4 Å². The maximum Gasteiger partial charge on any atom is 0.165 e. The smallest absolute Gasteiger partial charge is 0.165 e. The summed E-state index contributed by atoms with van der Waals surface area (Å²) in [6, 6.07) is 10.6. The second kappa shape index (κ2) is 14.8. The van der Waals surface area contributed by atoms with E-state index in [4.69, 9.17) is 4.74 Å². The van der Waals surface area contributed by atoms with Crippen LogP contribution in [0.5, 0.6) is 5.75 Å². The molecule has 1 nitrogen and oxygen atoms in total. The van der Waals surface area contributed by atoms with Crippen LogP contribution in [0.25, 0.3) is 11.1 Å². The molecule has 1 aliphatic carbocycles. The van der Waals surface area contributed by atoms with Crippen LogP contribution in [0.15, 0.2) is 42.5 Å². The van der Waals surface area contributed by atoms with Gasteiger partial charge in [0.2, 0.25) is 0 Å². The lowest BCUT2D eigenvalue weighted by Crippen LogP contribution is -2.15. The SMILES string of the molecule is COc1ccc(-c2ccc(F)cc2)cc1F.F.FCCCCC1CCC(CCF)CC1. The van der Waals surface area contributed by atoms with Crippen molar-refractivity contribution in [2.45, 2.75) is 51.4 Å². The molecule has 1 saturated carbocycles. The van der Waals surface area contributed by atoms with Crippen LogP contribution in [0.3, 0.4) is 0 Å². The van der Waals surface area contributed by atoms with Crippen LogP contribution in [0.1, 0.15) is 51.4 Å². The van der Waals surface area contributed by atoms with Crippen LogP contribution >= 0.6 is 0 Å². The second-order valence-corrected chi connectivity index (χ2v) is 7.91. The average molecular weight is 445 g/mol. The Kier molecular flexibility index (Phi) is 12.9. The molecule has 1 aliphatic rings. The van der Waals surface area contributed by atoms with Crippen molar-refractivity contribution in [1.29, 1.82) is 0 Å². The number of benzene rings is 2. The van der Waals surface area contributed by atoms with Gasteiger partial charge >= 0.3 is 0 Å². The predicted molar refractivity (Wildman–Crippen MR) is 117 cm³/mol. The Balaban J connectivity index is 0.000000303. The van der Waals surface area contributed by atoms with Crippen molar-refractivity contribution in [1.82, 2.24) is 0 Å². The van der Waals surface area contributed by atoms with Crippen LogP contribution in [-0.2, 0) is 0 Å². The molecule has 174 valence electrons. The number of rotatable bonds is 8. The predicted octanol–water partition coefficient (Wildman–Crippen LogP) is 8.09. The van der Waals surface area contributed by atoms with Gasteiger partial charge in [-0.3, -0.25) is 13.5 Å². The summed E-state index contributed by atoms with van der Waals surface area (Å²) < 4.78 is 54.9. The molecule has 0 unspecified atom stereocenters. The third kappa shape index (κ3) is 9.28. The maximum absolute atomic E-state index is 13.4. The minimum Gasteiger partial charge on any atom is -0.494 e. The van der Waals surface area contributed by atoms with Crippen LogP contribution in [-0.4, -0.2) is 20.5 Å². The molecule has 0 bridgehead atoms. The quantitative estimate of drug-likeness (QED) is 0.295. The van der Waals surface area contributed by atoms with E-state index in [9.17, 15) is 17.6 Å². The van der Waals surface area contributed by atoms with Gasteiger partial charge in [0, 0.05) is 0 Å². The van der Waals surface area contributed by atoms with Crippen LogP contribution in [0.2, 0.25) is 0 Å². The summed E-state index contributed by atoms with van der Waals surface area (Å²) >= 11 is 0. The molecule has 31 heavy (non-hydrogen) atoms. The third-order valence-corrected chi connectivity index (χ3v) is 5.81. The van der Waals surface area contributed by atoms with Crippen molar-refractivity contribution in [3.8, 4) is 16.9 Å². The lowest BCUT2D eigenvalue weighted by molar-refractivity contribution is 0.234. The van der Waals surface area contributed by atoms with E-state index in [1.807, 2.05) is 0 Å². The molecular formula is C25H33F5O. The van der Waals surface area contributed by atoms with Crippen molar-refractivity contribution < 1.29 is 27.0 Å². The van der Waals surface area contributed by atoms with Gasteiger partial charge in [-0.25, -0.2) is 8.78 Å². The van der Waals surface area contributed by atoms with Gasteiger partial charge in [-0.15, -0.1) is 0 Å². The Morgan fingerprint density at radius 1 is 0.774 bits per heavy atom. The van der Waals surface area contributed by atoms with Gasteiger partial charge < -0.3 is 4.74 Å². The van der Waals surface area contributed by atoms with Crippen molar-refractivity contribution >= 4 is 0 Å². The summed E-state index contributed by atoms with van der Waals surface area (Å²) in [5.41, 5.74) is 1.46. The standard InChI is InChI=1S/C13H10F2O.C12H22F2.FH/c1-16-13-7-4-10(8-12(13)15)9-2-5-11(14)6-3-9;13-9-2-1-3-11-4-6-12(7-5-11)8-10-14;/h2-8H,1H3;11-12H,1-10H2;1H. The number of halogens is 5. The molecule has 0 aliphatic heterocycles. The van der Waals surface area contributed by atoms with E-state index in [0.717, 1.165) is 30.7 Å². The summed E-state index contributed by atoms with van der Waals surface area (Å²) in [6.45, 7) is -0.325. The number of alkyl halides is 2. The van der Waals surface area contributed by atoms with Gasteiger partial charge in [-0.1, -0.05) is 56.7 Å². The minimum absolute atomic E-state index is 0. The summed E-state index contributed by atoms with van der Waals surface area (Å²) in [5.74, 6) is 0.905. The first-order chi connectivity index (χ1) is 14.6. The van der Waals surface area contributed by atoms with Crippen LogP contribution in [0.4, 0.5) is 22.3 Å². The van der Waals surface area contributed by atoms with E-state index in [1.54, 1.807) is 24.3 Å². The number of methoxy groups -OCH3 is 1. The highest BCUT2D eigenvalue weighted by atomic mass is 19.1. The molecule has 0 N–H and O–H groups in total. The topological polar surface area (TPSA) is 9.23 Å². The highest BCUT2D eigenvalue weighted by Crippen LogP contribution is 2.33. The summed E-state index contributed by atoms with van der Waals surface area (Å²) in [4.78, 5) is 0. The lowest BCUT2D eigenvalue weighted by Gasteiger charge is -2.27. The number of hydrogen-bond acceptors (Lipinski definition) is 1. The molecule has 2 aromatic rings. The minimum atomic E-state index is -0.427. The van der Waals surface area contributed by atoms with Crippen molar-refractivity contribution in [2.75, 3.05) is 20.5 Å². The zero-order chi connectivity index (χ0) is 21.8. The van der Waals surface area contributed by atoms with E-state index in [0.29, 0.717) is 11.5 Å². The second-order valence-electron chi connectivity index (χ2n) is 7.91. The first-order valence-electron chi connectivity index (χ1n) is 10.8. The van der Waals surface area contributed by atoms with Crippen molar-refractivity contribution in [2.24, 2.45) is 11.8 Å². The fourth-order valence-electron chi connectivity index (χ4n) is 3.98. The van der Waals surface area contributed by atoms with Gasteiger partial charge in [-0.2, -0.15) is 0 Å². The highest BCUT2D eigenvalue weighted by Gasteiger charge is 2.20. The monoisotopic (exact) mass is 444 g/mol. The van der Waals surface area contributed by atoms with Crippen LogP contribution in [0, 0.1) is 23.5 Å². The normalized spacial score (nSPS) is 17.8. The van der Waals surface area contributed by atoms with E-state index in [2.05, 4.69) is 0 Å². The summed E-state index contributed by atoms with van der Waals surface area (Å²) in [6.07, 6.45) is 8.60. The molecule has 0 radical (unpaired) electrons.